The predicted octanol–water partition coefficient (Wildman–Crippen LogP) is 0.428. The molecule has 1 atom stereocenters. The highest BCUT2D eigenvalue weighted by atomic mass is 16.5. The van der Waals surface area contributed by atoms with Gasteiger partial charge in [0.05, 0.1) is 33.5 Å². The van der Waals surface area contributed by atoms with Gasteiger partial charge in [0.2, 0.25) is 0 Å². The SMILES string of the molecule is COc1ccc(N2C(=O)COCC2CO)cc1OC. The minimum atomic E-state index is -0.376. The Labute approximate surface area is 111 Å². The van der Waals surface area contributed by atoms with E-state index in [1.807, 2.05) is 0 Å². The molecule has 1 saturated heterocycles. The number of anilines is 1. The molecule has 1 heterocycles. The van der Waals surface area contributed by atoms with Crippen LogP contribution in [0, 0.1) is 0 Å². The molecule has 0 aliphatic carbocycles. The van der Waals surface area contributed by atoms with Gasteiger partial charge in [-0.25, -0.2) is 0 Å². The van der Waals surface area contributed by atoms with Crippen LogP contribution in [-0.4, -0.2) is 51.1 Å². The molecule has 1 aromatic carbocycles. The molecule has 1 N–H and O–H groups in total. The van der Waals surface area contributed by atoms with Crippen LogP contribution >= 0.6 is 0 Å². The summed E-state index contributed by atoms with van der Waals surface area (Å²) < 4.78 is 15.5. The van der Waals surface area contributed by atoms with E-state index in [4.69, 9.17) is 14.2 Å². The minimum Gasteiger partial charge on any atom is -0.493 e. The second-order valence-corrected chi connectivity index (χ2v) is 4.15. The van der Waals surface area contributed by atoms with E-state index in [0.717, 1.165) is 0 Å². The standard InChI is InChI=1S/C13H17NO5/c1-17-11-4-3-9(5-12(11)18-2)14-10(6-15)7-19-8-13(14)16/h3-5,10,15H,6-8H2,1-2H3. The van der Waals surface area contributed by atoms with Crippen LogP contribution in [0.1, 0.15) is 0 Å². The van der Waals surface area contributed by atoms with Gasteiger partial charge in [0.1, 0.15) is 6.61 Å². The number of aliphatic hydroxyl groups excluding tert-OH is 1. The summed E-state index contributed by atoms with van der Waals surface area (Å²) in [5.41, 5.74) is 0.657. The van der Waals surface area contributed by atoms with E-state index in [1.165, 1.54) is 12.0 Å². The van der Waals surface area contributed by atoms with E-state index in [9.17, 15) is 9.90 Å². The Morgan fingerprint density at radius 2 is 2.11 bits per heavy atom. The van der Waals surface area contributed by atoms with Crippen LogP contribution < -0.4 is 14.4 Å². The fraction of sp³-hybridized carbons (Fsp3) is 0.462. The van der Waals surface area contributed by atoms with Gasteiger partial charge < -0.3 is 24.2 Å². The molecule has 1 aliphatic heterocycles. The second kappa shape index (κ2) is 5.90. The molecule has 19 heavy (non-hydrogen) atoms. The van der Waals surface area contributed by atoms with Crippen molar-refractivity contribution in [2.75, 3.05) is 38.9 Å². The zero-order chi connectivity index (χ0) is 13.8. The van der Waals surface area contributed by atoms with Crippen LogP contribution in [0.3, 0.4) is 0 Å². The van der Waals surface area contributed by atoms with Gasteiger partial charge in [-0.2, -0.15) is 0 Å². The Kier molecular flexibility index (Phi) is 4.24. The van der Waals surface area contributed by atoms with E-state index in [0.29, 0.717) is 23.8 Å². The van der Waals surface area contributed by atoms with Crippen molar-refractivity contribution in [2.45, 2.75) is 6.04 Å². The van der Waals surface area contributed by atoms with Crippen LogP contribution in [0.25, 0.3) is 0 Å². The van der Waals surface area contributed by atoms with Crippen LogP contribution in [0.4, 0.5) is 5.69 Å². The summed E-state index contributed by atoms with van der Waals surface area (Å²) in [7, 11) is 3.08. The quantitative estimate of drug-likeness (QED) is 0.856. The molecule has 6 heteroatoms. The Balaban J connectivity index is 2.35. The molecular formula is C13H17NO5. The molecule has 1 unspecified atom stereocenters. The molecule has 0 spiro atoms. The van der Waals surface area contributed by atoms with Crippen molar-refractivity contribution >= 4 is 11.6 Å². The van der Waals surface area contributed by atoms with Crippen LogP contribution in [0.2, 0.25) is 0 Å². The normalized spacial score (nSPS) is 19.4. The molecule has 104 valence electrons. The van der Waals surface area contributed by atoms with Crippen molar-refractivity contribution in [1.82, 2.24) is 0 Å². The molecule has 0 aromatic heterocycles. The Hall–Kier alpha value is -1.79. The highest BCUT2D eigenvalue weighted by Crippen LogP contribution is 2.32. The molecule has 6 nitrogen and oxygen atoms in total. The smallest absolute Gasteiger partial charge is 0.253 e. The average Bonchev–Trinajstić information content (AvgIpc) is 2.46. The van der Waals surface area contributed by atoms with Gasteiger partial charge in [-0.05, 0) is 12.1 Å². The summed E-state index contributed by atoms with van der Waals surface area (Å²) in [6, 6.07) is 4.82. The Morgan fingerprint density at radius 3 is 2.74 bits per heavy atom. The molecule has 0 bridgehead atoms. The maximum absolute atomic E-state index is 11.9. The molecular weight excluding hydrogens is 250 g/mol. The maximum Gasteiger partial charge on any atom is 0.253 e. The number of carbonyl (C=O) groups excluding carboxylic acids is 1. The van der Waals surface area contributed by atoms with Crippen LogP contribution in [0.15, 0.2) is 18.2 Å². The molecule has 1 fully saturated rings. The van der Waals surface area contributed by atoms with Gasteiger partial charge >= 0.3 is 0 Å². The Morgan fingerprint density at radius 1 is 1.37 bits per heavy atom. The van der Waals surface area contributed by atoms with E-state index in [2.05, 4.69) is 0 Å². The average molecular weight is 267 g/mol. The number of ether oxygens (including phenoxy) is 3. The number of hydrogen-bond donors (Lipinski definition) is 1. The number of morpholine rings is 1. The van der Waals surface area contributed by atoms with Crippen molar-refractivity contribution < 1.29 is 24.1 Å². The predicted molar refractivity (Wildman–Crippen MR) is 68.7 cm³/mol. The number of nitrogens with zero attached hydrogens (tertiary/aromatic N) is 1. The first-order valence-corrected chi connectivity index (χ1v) is 5.94. The summed E-state index contributed by atoms with van der Waals surface area (Å²) in [6.45, 7) is 0.182. The number of amides is 1. The summed E-state index contributed by atoms with van der Waals surface area (Å²) in [5.74, 6) is 0.945. The van der Waals surface area contributed by atoms with Crippen molar-refractivity contribution in [3.63, 3.8) is 0 Å². The number of rotatable bonds is 4. The van der Waals surface area contributed by atoms with E-state index >= 15 is 0 Å². The molecule has 1 aliphatic rings. The lowest BCUT2D eigenvalue weighted by atomic mass is 10.1. The lowest BCUT2D eigenvalue weighted by Gasteiger charge is -2.34. The summed E-state index contributed by atoms with van der Waals surface area (Å²) >= 11 is 0. The lowest BCUT2D eigenvalue weighted by Crippen LogP contribution is -2.51. The van der Waals surface area contributed by atoms with Gasteiger partial charge in [0.15, 0.2) is 11.5 Å². The topological polar surface area (TPSA) is 68.2 Å². The van der Waals surface area contributed by atoms with E-state index in [1.54, 1.807) is 25.3 Å². The van der Waals surface area contributed by atoms with Crippen LogP contribution in [0.5, 0.6) is 11.5 Å². The molecule has 0 radical (unpaired) electrons. The summed E-state index contributed by atoms with van der Waals surface area (Å²) in [4.78, 5) is 13.5. The number of aliphatic hydroxyl groups is 1. The first-order valence-electron chi connectivity index (χ1n) is 5.94. The third-order valence-corrected chi connectivity index (χ3v) is 3.03. The van der Waals surface area contributed by atoms with Crippen molar-refractivity contribution in [2.24, 2.45) is 0 Å². The monoisotopic (exact) mass is 267 g/mol. The Bertz CT molecular complexity index is 462. The molecule has 1 aromatic rings. The second-order valence-electron chi connectivity index (χ2n) is 4.15. The number of hydrogen-bond acceptors (Lipinski definition) is 5. The summed E-state index contributed by atoms with van der Waals surface area (Å²) in [5, 5.41) is 9.34. The number of methoxy groups -OCH3 is 2. The van der Waals surface area contributed by atoms with Gasteiger partial charge in [0.25, 0.3) is 5.91 Å². The van der Waals surface area contributed by atoms with Gasteiger partial charge in [-0.1, -0.05) is 0 Å². The third kappa shape index (κ3) is 2.64. The van der Waals surface area contributed by atoms with E-state index < -0.39 is 0 Å². The minimum absolute atomic E-state index is 0.0187. The highest BCUT2D eigenvalue weighted by molar-refractivity contribution is 5.95. The number of benzene rings is 1. The van der Waals surface area contributed by atoms with Gasteiger partial charge in [0, 0.05) is 11.8 Å². The van der Waals surface area contributed by atoms with Crippen molar-refractivity contribution in [3.05, 3.63) is 18.2 Å². The largest absolute Gasteiger partial charge is 0.493 e. The first kappa shape index (κ1) is 13.6. The molecule has 1 amide bonds. The molecule has 2 rings (SSSR count). The van der Waals surface area contributed by atoms with Crippen molar-refractivity contribution in [1.29, 1.82) is 0 Å². The van der Waals surface area contributed by atoms with E-state index in [-0.39, 0.29) is 25.2 Å². The van der Waals surface area contributed by atoms with Gasteiger partial charge in [-0.15, -0.1) is 0 Å². The lowest BCUT2D eigenvalue weighted by molar-refractivity contribution is -0.128. The fourth-order valence-corrected chi connectivity index (χ4v) is 2.09. The van der Waals surface area contributed by atoms with Crippen LogP contribution in [-0.2, 0) is 9.53 Å². The first-order chi connectivity index (χ1) is 9.21. The third-order valence-electron chi connectivity index (χ3n) is 3.03. The fourth-order valence-electron chi connectivity index (χ4n) is 2.09. The van der Waals surface area contributed by atoms with Crippen molar-refractivity contribution in [3.8, 4) is 11.5 Å². The highest BCUT2D eigenvalue weighted by Gasteiger charge is 2.30. The number of carbonyl (C=O) groups is 1. The maximum atomic E-state index is 11.9. The zero-order valence-electron chi connectivity index (χ0n) is 11.0. The zero-order valence-corrected chi connectivity index (χ0v) is 11.0. The summed E-state index contributed by atoms with van der Waals surface area (Å²) in [6.07, 6.45) is 0. The molecule has 0 saturated carbocycles. The van der Waals surface area contributed by atoms with Gasteiger partial charge in [-0.3, -0.25) is 4.79 Å².